The number of alkyl halides is 2. The zero-order chi connectivity index (χ0) is 14.4. The van der Waals surface area contributed by atoms with E-state index in [9.17, 15) is 8.78 Å². The van der Waals surface area contributed by atoms with E-state index in [0.717, 1.165) is 6.54 Å². The lowest BCUT2D eigenvalue weighted by Gasteiger charge is -2.11. The molecule has 0 bridgehead atoms. The lowest BCUT2D eigenvalue weighted by Crippen LogP contribution is -2.14. The van der Waals surface area contributed by atoms with E-state index in [2.05, 4.69) is 25.9 Å². The summed E-state index contributed by atoms with van der Waals surface area (Å²) in [6, 6.07) is 1.70. The van der Waals surface area contributed by atoms with Crippen LogP contribution in [0.2, 0.25) is 0 Å². The van der Waals surface area contributed by atoms with E-state index >= 15 is 0 Å². The first-order chi connectivity index (χ1) is 8.93. The molecule has 0 aliphatic carbocycles. The summed E-state index contributed by atoms with van der Waals surface area (Å²) in [5.41, 5.74) is 1.28. The van der Waals surface area contributed by atoms with Gasteiger partial charge in [0.05, 0.1) is 22.2 Å². The maximum Gasteiger partial charge on any atom is 0.272 e. The van der Waals surface area contributed by atoms with Crippen LogP contribution in [0, 0.1) is 6.92 Å². The highest BCUT2D eigenvalue weighted by Crippen LogP contribution is 2.29. The van der Waals surface area contributed by atoms with Gasteiger partial charge < -0.3 is 9.64 Å². The maximum atomic E-state index is 12.1. The summed E-state index contributed by atoms with van der Waals surface area (Å²) in [7, 11) is 1.90. The van der Waals surface area contributed by atoms with Crippen LogP contribution in [0.15, 0.2) is 15.5 Å². The first-order valence-electron chi connectivity index (χ1n) is 5.76. The van der Waals surface area contributed by atoms with Gasteiger partial charge >= 0.3 is 0 Å². The molecule has 19 heavy (non-hydrogen) atoms. The third-order valence-electron chi connectivity index (χ3n) is 2.35. The minimum absolute atomic E-state index is 0.153. The summed E-state index contributed by atoms with van der Waals surface area (Å²) in [6.07, 6.45) is -0.833. The first-order valence-corrected chi connectivity index (χ1v) is 6.55. The molecule has 0 atom stereocenters. The van der Waals surface area contributed by atoms with Crippen molar-refractivity contribution in [2.75, 3.05) is 20.2 Å². The number of aliphatic imine (C=N–C) groups is 1. The molecule has 0 unspecified atom stereocenters. The van der Waals surface area contributed by atoms with Gasteiger partial charge in [0.15, 0.2) is 6.61 Å². The third-order valence-corrected chi connectivity index (χ3v) is 2.91. The number of ether oxygens (including phenoxy) is 1. The number of aryl methyl sites for hydroxylation is 1. The molecule has 4 nitrogen and oxygen atoms in total. The molecular formula is C12H16BrF2N3O. The van der Waals surface area contributed by atoms with Gasteiger partial charge in [-0.05, 0) is 35.8 Å². The van der Waals surface area contributed by atoms with Gasteiger partial charge in [-0.1, -0.05) is 0 Å². The first kappa shape index (κ1) is 15.8. The van der Waals surface area contributed by atoms with Crippen molar-refractivity contribution in [3.8, 4) is 5.88 Å². The Bertz CT molecular complexity index is 455. The Morgan fingerprint density at radius 1 is 1.58 bits per heavy atom. The van der Waals surface area contributed by atoms with Crippen LogP contribution < -0.4 is 4.74 Å². The number of hydrogen-bond donors (Lipinski definition) is 0. The normalized spacial score (nSPS) is 11.3. The van der Waals surface area contributed by atoms with Gasteiger partial charge in [-0.15, -0.1) is 0 Å². The van der Waals surface area contributed by atoms with Crippen molar-refractivity contribution >= 4 is 28.0 Å². The van der Waals surface area contributed by atoms with Crippen molar-refractivity contribution in [1.82, 2.24) is 9.88 Å². The smallest absolute Gasteiger partial charge is 0.272 e. The van der Waals surface area contributed by atoms with Gasteiger partial charge in [-0.2, -0.15) is 0 Å². The summed E-state index contributed by atoms with van der Waals surface area (Å²) < 4.78 is 29.6. The highest BCUT2D eigenvalue weighted by molar-refractivity contribution is 9.10. The van der Waals surface area contributed by atoms with Crippen molar-refractivity contribution in [2.45, 2.75) is 20.3 Å². The molecule has 1 heterocycles. The molecule has 1 aromatic rings. The highest BCUT2D eigenvalue weighted by atomic mass is 79.9. The molecule has 0 saturated carbocycles. The predicted octanol–water partition coefficient (Wildman–Crippen LogP) is 3.41. The SMILES string of the molecule is CCN(C)C=Nc1cc(Br)c(OCC(F)F)nc1C. The number of pyridine rings is 1. The zero-order valence-electron chi connectivity index (χ0n) is 11.0. The molecule has 0 N–H and O–H groups in total. The van der Waals surface area contributed by atoms with Gasteiger partial charge in [0.25, 0.3) is 6.43 Å². The molecule has 0 radical (unpaired) electrons. The predicted molar refractivity (Wildman–Crippen MR) is 74.6 cm³/mol. The van der Waals surface area contributed by atoms with E-state index < -0.39 is 13.0 Å². The van der Waals surface area contributed by atoms with Crippen LogP contribution in [0.5, 0.6) is 5.88 Å². The molecule has 0 saturated heterocycles. The Morgan fingerprint density at radius 3 is 2.84 bits per heavy atom. The summed E-state index contributed by atoms with van der Waals surface area (Å²) in [5, 5.41) is 0. The number of rotatable bonds is 6. The number of nitrogens with zero attached hydrogens (tertiary/aromatic N) is 3. The Hall–Kier alpha value is -1.24. The number of aromatic nitrogens is 1. The Balaban J connectivity index is 2.87. The molecule has 0 fully saturated rings. The van der Waals surface area contributed by atoms with Gasteiger partial charge in [0.2, 0.25) is 5.88 Å². The van der Waals surface area contributed by atoms with Crippen LogP contribution >= 0.6 is 15.9 Å². The van der Waals surface area contributed by atoms with E-state index in [1.54, 1.807) is 19.3 Å². The lowest BCUT2D eigenvalue weighted by atomic mass is 10.3. The average Bonchev–Trinajstić information content (AvgIpc) is 2.37. The van der Waals surface area contributed by atoms with Crippen LogP contribution in [0.4, 0.5) is 14.5 Å². The molecule has 0 amide bonds. The molecule has 1 rings (SSSR count). The molecule has 1 aromatic heterocycles. The monoisotopic (exact) mass is 335 g/mol. The number of hydrogen-bond acceptors (Lipinski definition) is 3. The van der Waals surface area contributed by atoms with Crippen molar-refractivity contribution in [3.05, 3.63) is 16.2 Å². The van der Waals surface area contributed by atoms with Crippen molar-refractivity contribution < 1.29 is 13.5 Å². The van der Waals surface area contributed by atoms with Gasteiger partial charge in [0, 0.05) is 13.6 Å². The minimum atomic E-state index is -2.52. The summed E-state index contributed by atoms with van der Waals surface area (Å²) in [6.45, 7) is 3.92. The Kier molecular flexibility index (Phi) is 6.14. The third kappa shape index (κ3) is 5.10. The zero-order valence-corrected chi connectivity index (χ0v) is 12.6. The standard InChI is InChI=1S/C12H16BrF2N3O/c1-4-18(3)7-16-10-5-9(13)12(17-8(10)2)19-6-11(14)15/h5,7,11H,4,6H2,1-3H3. The maximum absolute atomic E-state index is 12.1. The van der Waals surface area contributed by atoms with Crippen molar-refractivity contribution in [3.63, 3.8) is 0 Å². The summed E-state index contributed by atoms with van der Waals surface area (Å²) >= 11 is 3.24. The van der Waals surface area contributed by atoms with E-state index in [1.165, 1.54) is 0 Å². The topological polar surface area (TPSA) is 37.7 Å². The lowest BCUT2D eigenvalue weighted by molar-refractivity contribution is 0.0791. The molecular weight excluding hydrogens is 320 g/mol. The van der Waals surface area contributed by atoms with Crippen LogP contribution in [-0.2, 0) is 0 Å². The van der Waals surface area contributed by atoms with E-state index in [1.807, 2.05) is 18.9 Å². The summed E-state index contributed by atoms with van der Waals surface area (Å²) in [5.74, 6) is 0.153. The number of halogens is 3. The van der Waals surface area contributed by atoms with E-state index in [-0.39, 0.29) is 5.88 Å². The molecule has 0 aliphatic heterocycles. The highest BCUT2D eigenvalue weighted by Gasteiger charge is 2.10. The fraction of sp³-hybridized carbons (Fsp3) is 0.500. The average molecular weight is 336 g/mol. The van der Waals surface area contributed by atoms with Crippen LogP contribution in [0.25, 0.3) is 0 Å². The molecule has 0 aliphatic rings. The largest absolute Gasteiger partial charge is 0.471 e. The summed E-state index contributed by atoms with van der Waals surface area (Å²) in [4.78, 5) is 10.3. The van der Waals surface area contributed by atoms with Gasteiger partial charge in [-0.25, -0.2) is 18.8 Å². The quantitative estimate of drug-likeness (QED) is 0.590. The fourth-order valence-corrected chi connectivity index (χ4v) is 1.59. The Labute approximate surface area is 119 Å². The van der Waals surface area contributed by atoms with E-state index in [4.69, 9.17) is 4.74 Å². The van der Waals surface area contributed by atoms with E-state index in [0.29, 0.717) is 15.9 Å². The molecule has 0 spiro atoms. The van der Waals surface area contributed by atoms with Crippen LogP contribution in [0.1, 0.15) is 12.6 Å². The van der Waals surface area contributed by atoms with Gasteiger partial charge in [0.1, 0.15) is 0 Å². The Morgan fingerprint density at radius 2 is 2.26 bits per heavy atom. The van der Waals surface area contributed by atoms with Gasteiger partial charge in [-0.3, -0.25) is 0 Å². The molecule has 7 heteroatoms. The van der Waals surface area contributed by atoms with Crippen LogP contribution in [-0.4, -0.2) is 42.8 Å². The second kappa shape index (κ2) is 7.37. The molecule has 106 valence electrons. The minimum Gasteiger partial charge on any atom is -0.471 e. The van der Waals surface area contributed by atoms with Crippen LogP contribution in [0.3, 0.4) is 0 Å². The van der Waals surface area contributed by atoms with Crippen molar-refractivity contribution in [1.29, 1.82) is 0 Å². The second-order valence-corrected chi connectivity index (χ2v) is 4.75. The molecule has 0 aromatic carbocycles. The van der Waals surface area contributed by atoms with Crippen molar-refractivity contribution in [2.24, 2.45) is 4.99 Å². The fourth-order valence-electron chi connectivity index (χ4n) is 1.17. The second-order valence-electron chi connectivity index (χ2n) is 3.90.